The molecule has 2 nitrogen and oxygen atoms in total. The van der Waals surface area contributed by atoms with Gasteiger partial charge in [0, 0.05) is 5.38 Å². The molecular formula is C31H56N2S2Si. The molecule has 0 bridgehead atoms. The van der Waals surface area contributed by atoms with Crippen LogP contribution in [0.5, 0.6) is 0 Å². The third kappa shape index (κ3) is 8.49. The van der Waals surface area contributed by atoms with Crippen molar-refractivity contribution in [3.8, 4) is 9.88 Å². The molecule has 0 amide bonds. The normalized spacial score (nSPS) is 12.5. The first kappa shape index (κ1) is 31.7. The standard InChI is InChI=1S/C31H56N2S2Si/c1-9-11-13-15-17-19-21-27-23-34-30(32-27)29-28(22-20-18-16-14-12-10-2)33-31(35-29)36(24(3)4,25(5)6)26(7)8/h23-26H,9-22H2,1-8H3. The first-order valence-electron chi connectivity index (χ1n) is 15.2. The molecule has 206 valence electrons. The first-order valence-corrected chi connectivity index (χ1v) is 19.2. The highest BCUT2D eigenvalue weighted by Gasteiger charge is 2.47. The zero-order valence-electron chi connectivity index (χ0n) is 24.9. The third-order valence-corrected chi connectivity index (χ3v) is 18.1. The average Bonchev–Trinajstić information content (AvgIpc) is 3.45. The molecule has 0 saturated carbocycles. The number of thiazole rings is 2. The van der Waals surface area contributed by atoms with Gasteiger partial charge < -0.3 is 0 Å². The minimum Gasteiger partial charge on any atom is -0.251 e. The molecule has 2 rings (SSSR count). The van der Waals surface area contributed by atoms with Gasteiger partial charge in [-0.05, 0) is 42.3 Å². The van der Waals surface area contributed by atoms with Crippen LogP contribution in [0, 0.1) is 0 Å². The second-order valence-corrected chi connectivity index (χ2v) is 19.9. The van der Waals surface area contributed by atoms with Gasteiger partial charge >= 0.3 is 0 Å². The maximum atomic E-state index is 5.52. The molecule has 0 aromatic carbocycles. The topological polar surface area (TPSA) is 25.8 Å². The highest BCUT2D eigenvalue weighted by Crippen LogP contribution is 2.43. The Hall–Kier alpha value is -0.523. The smallest absolute Gasteiger partial charge is 0.135 e. The van der Waals surface area contributed by atoms with E-state index < -0.39 is 8.07 Å². The van der Waals surface area contributed by atoms with Crippen LogP contribution in [0.3, 0.4) is 0 Å². The Morgan fingerprint density at radius 2 is 1.17 bits per heavy atom. The van der Waals surface area contributed by atoms with Crippen LogP contribution in [-0.2, 0) is 12.8 Å². The van der Waals surface area contributed by atoms with Crippen LogP contribution < -0.4 is 4.63 Å². The van der Waals surface area contributed by atoms with Crippen molar-refractivity contribution >= 4 is 35.4 Å². The van der Waals surface area contributed by atoms with Crippen molar-refractivity contribution in [2.24, 2.45) is 0 Å². The van der Waals surface area contributed by atoms with Crippen molar-refractivity contribution in [3.05, 3.63) is 16.8 Å². The Kier molecular flexibility index (Phi) is 14.5. The minimum atomic E-state index is -1.76. The summed E-state index contributed by atoms with van der Waals surface area (Å²) < 4.78 is 1.49. The van der Waals surface area contributed by atoms with Crippen molar-refractivity contribution in [2.75, 3.05) is 0 Å². The minimum absolute atomic E-state index is 0.693. The molecule has 2 heterocycles. The predicted octanol–water partition coefficient (Wildman–Crippen LogP) is 11.0. The maximum absolute atomic E-state index is 5.52. The van der Waals surface area contributed by atoms with E-state index in [-0.39, 0.29) is 0 Å². The number of unbranched alkanes of at least 4 members (excludes halogenated alkanes) is 10. The van der Waals surface area contributed by atoms with Gasteiger partial charge in [-0.15, -0.1) is 22.7 Å². The van der Waals surface area contributed by atoms with Gasteiger partial charge in [0.25, 0.3) is 0 Å². The lowest BCUT2D eigenvalue weighted by Gasteiger charge is -2.41. The monoisotopic (exact) mass is 548 g/mol. The van der Waals surface area contributed by atoms with Gasteiger partial charge in [0.1, 0.15) is 13.1 Å². The van der Waals surface area contributed by atoms with Crippen LogP contribution in [0.15, 0.2) is 5.38 Å². The van der Waals surface area contributed by atoms with E-state index in [4.69, 9.17) is 9.97 Å². The number of aryl methyl sites for hydroxylation is 2. The van der Waals surface area contributed by atoms with E-state index in [9.17, 15) is 0 Å². The van der Waals surface area contributed by atoms with E-state index in [1.807, 2.05) is 22.7 Å². The van der Waals surface area contributed by atoms with Gasteiger partial charge in [0.15, 0.2) is 0 Å². The molecule has 36 heavy (non-hydrogen) atoms. The Morgan fingerprint density at radius 3 is 1.69 bits per heavy atom. The fourth-order valence-corrected chi connectivity index (χ4v) is 17.1. The Morgan fingerprint density at radius 1 is 0.667 bits per heavy atom. The van der Waals surface area contributed by atoms with E-state index in [1.54, 1.807) is 0 Å². The third-order valence-electron chi connectivity index (χ3n) is 8.23. The highest BCUT2D eigenvalue weighted by atomic mass is 32.1. The fourth-order valence-electron chi connectivity index (χ4n) is 6.30. The molecule has 0 aliphatic carbocycles. The number of aromatic nitrogens is 2. The molecule has 0 atom stereocenters. The molecule has 5 heteroatoms. The molecule has 0 fully saturated rings. The summed E-state index contributed by atoms with van der Waals surface area (Å²) in [5, 5.41) is 3.56. The van der Waals surface area contributed by atoms with Crippen LogP contribution in [0.4, 0.5) is 0 Å². The van der Waals surface area contributed by atoms with Gasteiger partial charge in [0.05, 0.1) is 20.9 Å². The van der Waals surface area contributed by atoms with E-state index in [0.29, 0.717) is 16.6 Å². The lowest BCUT2D eigenvalue weighted by Crippen LogP contribution is -2.55. The van der Waals surface area contributed by atoms with Crippen LogP contribution >= 0.6 is 22.7 Å². The van der Waals surface area contributed by atoms with Crippen molar-refractivity contribution < 1.29 is 0 Å². The summed E-state index contributed by atoms with van der Waals surface area (Å²) in [7, 11) is -1.76. The van der Waals surface area contributed by atoms with Crippen LogP contribution in [0.1, 0.15) is 144 Å². The second-order valence-electron chi connectivity index (χ2n) is 11.9. The fraction of sp³-hybridized carbons (Fsp3) is 0.806. The summed E-state index contributed by atoms with van der Waals surface area (Å²) >= 11 is 3.89. The summed E-state index contributed by atoms with van der Waals surface area (Å²) in [5.41, 5.74) is 4.73. The molecular weight excluding hydrogens is 493 g/mol. The molecule has 2 aromatic heterocycles. The van der Waals surface area contributed by atoms with E-state index in [0.717, 1.165) is 12.8 Å². The van der Waals surface area contributed by atoms with Gasteiger partial charge in [0.2, 0.25) is 0 Å². The molecule has 0 aliphatic heterocycles. The quantitative estimate of drug-likeness (QED) is 0.129. The van der Waals surface area contributed by atoms with E-state index in [1.165, 1.54) is 103 Å². The van der Waals surface area contributed by atoms with E-state index >= 15 is 0 Å². The summed E-state index contributed by atoms with van der Waals surface area (Å²) in [6, 6.07) is 0. The predicted molar refractivity (Wildman–Crippen MR) is 168 cm³/mol. The molecule has 2 aromatic rings. The molecule has 0 radical (unpaired) electrons. The lowest BCUT2D eigenvalue weighted by atomic mass is 10.1. The van der Waals surface area contributed by atoms with E-state index in [2.05, 4.69) is 60.8 Å². The lowest BCUT2D eigenvalue weighted by molar-refractivity contribution is 0.605. The molecule has 0 unspecified atom stereocenters. The zero-order chi connectivity index (χ0) is 26.6. The first-order chi connectivity index (χ1) is 17.3. The van der Waals surface area contributed by atoms with Crippen LogP contribution in [0.2, 0.25) is 16.6 Å². The molecule has 0 aliphatic rings. The molecule has 0 saturated heterocycles. The number of hydrogen-bond acceptors (Lipinski definition) is 4. The maximum Gasteiger partial charge on any atom is 0.135 e. The largest absolute Gasteiger partial charge is 0.251 e. The molecule has 0 N–H and O–H groups in total. The number of nitrogens with zero attached hydrogens (tertiary/aromatic N) is 2. The van der Waals surface area contributed by atoms with Crippen molar-refractivity contribution in [3.63, 3.8) is 0 Å². The van der Waals surface area contributed by atoms with Gasteiger partial charge in [-0.1, -0.05) is 120 Å². The summed E-state index contributed by atoms with van der Waals surface area (Å²) in [4.78, 5) is 12.1. The Bertz CT molecular complexity index is 831. The van der Waals surface area contributed by atoms with Gasteiger partial charge in [-0.25, -0.2) is 4.98 Å². The van der Waals surface area contributed by atoms with Crippen LogP contribution in [0.25, 0.3) is 9.88 Å². The van der Waals surface area contributed by atoms with Crippen molar-refractivity contribution in [1.82, 2.24) is 9.97 Å². The molecule has 0 spiro atoms. The highest BCUT2D eigenvalue weighted by molar-refractivity contribution is 7.31. The van der Waals surface area contributed by atoms with Crippen LogP contribution in [-0.4, -0.2) is 18.0 Å². The Labute approximate surface area is 233 Å². The SMILES string of the molecule is CCCCCCCCc1csc(-c2sc([Si](C(C)C)(C(C)C)C(C)C)nc2CCCCCCCC)n1. The van der Waals surface area contributed by atoms with Gasteiger partial charge in [-0.3, -0.25) is 4.98 Å². The second kappa shape index (κ2) is 16.4. The number of rotatable bonds is 19. The Balaban J connectivity index is 2.26. The van der Waals surface area contributed by atoms with Crippen molar-refractivity contribution in [2.45, 2.75) is 162 Å². The van der Waals surface area contributed by atoms with Crippen molar-refractivity contribution in [1.29, 1.82) is 0 Å². The van der Waals surface area contributed by atoms with Gasteiger partial charge in [-0.2, -0.15) is 0 Å². The zero-order valence-corrected chi connectivity index (χ0v) is 27.6. The number of hydrogen-bond donors (Lipinski definition) is 0. The average molecular weight is 549 g/mol. The summed E-state index contributed by atoms with van der Waals surface area (Å²) in [6.07, 6.45) is 18.3. The summed E-state index contributed by atoms with van der Waals surface area (Å²) in [5.74, 6) is 0. The summed E-state index contributed by atoms with van der Waals surface area (Å²) in [6.45, 7) is 19.4.